The molecule has 0 aliphatic heterocycles. The smallest absolute Gasteiger partial charge is 0.234 e. The maximum absolute atomic E-state index is 12.6. The number of hydrogen-bond acceptors (Lipinski definition) is 6. The molecule has 31 heavy (non-hydrogen) atoms. The summed E-state index contributed by atoms with van der Waals surface area (Å²) in [6.45, 7) is 6.00. The van der Waals surface area contributed by atoms with Crippen LogP contribution in [0.2, 0.25) is 0 Å². The molecule has 2 amide bonds. The maximum Gasteiger partial charge on any atom is 0.234 e. The maximum atomic E-state index is 12.6. The number of thioether (sulfide) groups is 1. The quantitative estimate of drug-likeness (QED) is 0.395. The summed E-state index contributed by atoms with van der Waals surface area (Å²) in [5.74, 6) is 1.54. The van der Waals surface area contributed by atoms with E-state index in [9.17, 15) is 9.59 Å². The van der Waals surface area contributed by atoms with Gasteiger partial charge in [-0.15, -0.1) is 11.3 Å². The molecule has 1 aromatic carbocycles. The lowest BCUT2D eigenvalue weighted by Crippen LogP contribution is -2.15. The highest BCUT2D eigenvalue weighted by molar-refractivity contribution is 8.00. The van der Waals surface area contributed by atoms with Crippen LogP contribution in [0.1, 0.15) is 43.0 Å². The van der Waals surface area contributed by atoms with Crippen LogP contribution in [0.25, 0.3) is 10.2 Å². The largest absolute Gasteiger partial charge is 0.326 e. The van der Waals surface area contributed by atoms with Gasteiger partial charge in [-0.1, -0.05) is 31.7 Å². The predicted molar refractivity (Wildman–Crippen MR) is 128 cm³/mol. The highest BCUT2D eigenvalue weighted by atomic mass is 32.2. The molecule has 162 valence electrons. The Balaban J connectivity index is 1.47. The van der Waals surface area contributed by atoms with E-state index in [1.807, 2.05) is 19.1 Å². The first kappa shape index (κ1) is 21.8. The number of aromatic nitrogens is 2. The first-order valence-electron chi connectivity index (χ1n) is 10.5. The van der Waals surface area contributed by atoms with Gasteiger partial charge in [-0.2, -0.15) is 0 Å². The first-order chi connectivity index (χ1) is 14.9. The number of nitrogens with zero attached hydrogens (tertiary/aromatic N) is 2. The van der Waals surface area contributed by atoms with E-state index in [4.69, 9.17) is 0 Å². The molecule has 2 heterocycles. The Labute approximate surface area is 190 Å². The molecule has 1 aliphatic carbocycles. The van der Waals surface area contributed by atoms with Crippen LogP contribution in [0, 0.1) is 12.8 Å². The van der Waals surface area contributed by atoms with E-state index in [0.29, 0.717) is 23.7 Å². The van der Waals surface area contributed by atoms with E-state index in [1.54, 1.807) is 30.4 Å². The van der Waals surface area contributed by atoms with Crippen molar-refractivity contribution in [3.63, 3.8) is 0 Å². The van der Waals surface area contributed by atoms with Gasteiger partial charge >= 0.3 is 0 Å². The number of thiophene rings is 1. The van der Waals surface area contributed by atoms with Crippen molar-refractivity contribution in [1.29, 1.82) is 0 Å². The van der Waals surface area contributed by atoms with Crippen LogP contribution in [0.15, 0.2) is 29.3 Å². The van der Waals surface area contributed by atoms with E-state index < -0.39 is 0 Å². The van der Waals surface area contributed by atoms with Gasteiger partial charge in [0.2, 0.25) is 11.8 Å². The van der Waals surface area contributed by atoms with Gasteiger partial charge in [0.25, 0.3) is 0 Å². The second-order valence-corrected chi connectivity index (χ2v) is 9.97. The number of amides is 2. The van der Waals surface area contributed by atoms with Gasteiger partial charge < -0.3 is 10.6 Å². The van der Waals surface area contributed by atoms with Crippen molar-refractivity contribution in [2.75, 3.05) is 16.4 Å². The predicted octanol–water partition coefficient (Wildman–Crippen LogP) is 5.20. The van der Waals surface area contributed by atoms with E-state index in [1.165, 1.54) is 28.6 Å². The van der Waals surface area contributed by atoms with Crippen molar-refractivity contribution in [2.45, 2.75) is 51.5 Å². The van der Waals surface area contributed by atoms with Gasteiger partial charge in [0.05, 0.1) is 5.75 Å². The third-order valence-electron chi connectivity index (χ3n) is 5.32. The summed E-state index contributed by atoms with van der Waals surface area (Å²) in [5.41, 5.74) is 2.70. The third-order valence-corrected chi connectivity index (χ3v) is 7.45. The SMILES string of the molecule is CCC(=O)Nc1cccc(NC(=O)CSc2nc(C)nc3sc4c(c23)CC[C@@H](C)C4)c1. The fourth-order valence-corrected chi connectivity index (χ4v) is 6.16. The number of carbonyl (C=O) groups is 2. The molecular formula is C23H26N4O2S2. The summed E-state index contributed by atoms with van der Waals surface area (Å²) in [4.78, 5) is 36.0. The van der Waals surface area contributed by atoms with Gasteiger partial charge in [0, 0.05) is 28.1 Å². The van der Waals surface area contributed by atoms with Gasteiger partial charge in [-0.3, -0.25) is 9.59 Å². The molecular weight excluding hydrogens is 428 g/mol. The summed E-state index contributed by atoms with van der Waals surface area (Å²) in [6.07, 6.45) is 3.75. The number of hydrogen-bond donors (Lipinski definition) is 2. The number of anilines is 2. The number of benzene rings is 1. The van der Waals surface area contributed by atoms with Crippen LogP contribution in [-0.2, 0) is 22.4 Å². The fourth-order valence-electron chi connectivity index (χ4n) is 3.77. The normalized spacial score (nSPS) is 15.5. The molecule has 6 nitrogen and oxygen atoms in total. The minimum absolute atomic E-state index is 0.0596. The summed E-state index contributed by atoms with van der Waals surface area (Å²) in [7, 11) is 0. The van der Waals surface area contributed by atoms with Crippen molar-refractivity contribution in [1.82, 2.24) is 9.97 Å². The molecule has 0 saturated carbocycles. The molecule has 4 rings (SSSR count). The number of nitrogens with one attached hydrogen (secondary N) is 2. The summed E-state index contributed by atoms with van der Waals surface area (Å²) < 4.78 is 0. The molecule has 0 fully saturated rings. The number of rotatable bonds is 6. The lowest BCUT2D eigenvalue weighted by Gasteiger charge is -2.18. The Kier molecular flexibility index (Phi) is 6.57. The van der Waals surface area contributed by atoms with Gasteiger partial charge in [0.15, 0.2) is 0 Å². The summed E-state index contributed by atoms with van der Waals surface area (Å²) in [6, 6.07) is 7.19. The average Bonchev–Trinajstić information content (AvgIpc) is 3.09. The Hall–Kier alpha value is -2.45. The van der Waals surface area contributed by atoms with Gasteiger partial charge in [0.1, 0.15) is 15.7 Å². The van der Waals surface area contributed by atoms with Crippen molar-refractivity contribution in [2.24, 2.45) is 5.92 Å². The van der Waals surface area contributed by atoms with Gasteiger partial charge in [-0.25, -0.2) is 9.97 Å². The monoisotopic (exact) mass is 454 g/mol. The lowest BCUT2D eigenvalue weighted by molar-refractivity contribution is -0.116. The highest BCUT2D eigenvalue weighted by Crippen LogP contribution is 2.40. The van der Waals surface area contributed by atoms with Gasteiger partial charge in [-0.05, 0) is 55.9 Å². The molecule has 0 unspecified atom stereocenters. The van der Waals surface area contributed by atoms with Crippen LogP contribution in [0.3, 0.4) is 0 Å². The van der Waals surface area contributed by atoms with Crippen molar-refractivity contribution in [3.05, 3.63) is 40.5 Å². The van der Waals surface area contributed by atoms with Crippen LogP contribution in [0.4, 0.5) is 11.4 Å². The number of carbonyl (C=O) groups excluding carboxylic acids is 2. The average molecular weight is 455 g/mol. The van der Waals surface area contributed by atoms with Crippen LogP contribution >= 0.6 is 23.1 Å². The molecule has 0 bridgehead atoms. The Morgan fingerprint density at radius 2 is 1.94 bits per heavy atom. The van der Waals surface area contributed by atoms with Crippen molar-refractivity contribution in [3.8, 4) is 0 Å². The van der Waals surface area contributed by atoms with Crippen LogP contribution < -0.4 is 10.6 Å². The van der Waals surface area contributed by atoms with Crippen LogP contribution in [0.5, 0.6) is 0 Å². The van der Waals surface area contributed by atoms with E-state index >= 15 is 0 Å². The number of aryl methyl sites for hydroxylation is 2. The highest BCUT2D eigenvalue weighted by Gasteiger charge is 2.24. The topological polar surface area (TPSA) is 84.0 Å². The lowest BCUT2D eigenvalue weighted by atomic mass is 9.89. The second-order valence-electron chi connectivity index (χ2n) is 7.93. The molecule has 1 aliphatic rings. The van der Waals surface area contributed by atoms with Crippen molar-refractivity contribution < 1.29 is 9.59 Å². The Morgan fingerprint density at radius 1 is 1.19 bits per heavy atom. The third kappa shape index (κ3) is 5.07. The fraction of sp³-hybridized carbons (Fsp3) is 0.391. The zero-order chi connectivity index (χ0) is 22.0. The zero-order valence-electron chi connectivity index (χ0n) is 17.9. The molecule has 1 atom stereocenters. The summed E-state index contributed by atoms with van der Waals surface area (Å²) in [5, 5.41) is 7.76. The Bertz CT molecular complexity index is 1140. The molecule has 2 N–H and O–H groups in total. The van der Waals surface area contributed by atoms with Crippen LogP contribution in [-0.4, -0.2) is 27.5 Å². The molecule has 0 spiro atoms. The first-order valence-corrected chi connectivity index (χ1v) is 12.3. The van der Waals surface area contributed by atoms with E-state index in [2.05, 4.69) is 27.5 Å². The van der Waals surface area contributed by atoms with Crippen molar-refractivity contribution >= 4 is 56.5 Å². The molecule has 3 aromatic rings. The second kappa shape index (κ2) is 9.36. The Morgan fingerprint density at radius 3 is 2.68 bits per heavy atom. The number of fused-ring (bicyclic) bond motifs is 3. The minimum Gasteiger partial charge on any atom is -0.326 e. The molecule has 0 radical (unpaired) electrons. The standard InChI is InChI=1S/C23H26N4O2S2/c1-4-19(28)26-15-6-5-7-16(11-15)27-20(29)12-30-22-21-17-9-8-13(2)10-18(17)31-23(21)25-14(3)24-22/h5-7,11,13H,4,8-10,12H2,1-3H3,(H,26,28)(H,27,29)/t13-/m1/s1. The zero-order valence-corrected chi connectivity index (χ0v) is 19.6. The molecule has 0 saturated heterocycles. The van der Waals surface area contributed by atoms with E-state index in [0.717, 1.165) is 33.9 Å². The molecule has 8 heteroatoms. The minimum atomic E-state index is -0.105. The molecule has 2 aromatic heterocycles. The van der Waals surface area contributed by atoms with E-state index in [-0.39, 0.29) is 17.6 Å². The summed E-state index contributed by atoms with van der Waals surface area (Å²) >= 11 is 3.24.